The van der Waals surface area contributed by atoms with Crippen LogP contribution in [0.4, 0.5) is 9.57 Å². The largest absolute Gasteiger partial charge is 0.495 e. The van der Waals surface area contributed by atoms with Gasteiger partial charge in [0.1, 0.15) is 17.1 Å². The zero-order valence-electron chi connectivity index (χ0n) is 10.5. The summed E-state index contributed by atoms with van der Waals surface area (Å²) in [5.41, 5.74) is 0.558. The van der Waals surface area contributed by atoms with Crippen LogP contribution < -0.4 is 9.64 Å². The third kappa shape index (κ3) is 2.58. The molecule has 1 aromatic carbocycles. The zero-order valence-corrected chi connectivity index (χ0v) is 11.4. The van der Waals surface area contributed by atoms with Crippen molar-refractivity contribution in [3.05, 3.63) is 23.8 Å². The van der Waals surface area contributed by atoms with Gasteiger partial charge in [0, 0.05) is 18.7 Å². The first-order chi connectivity index (χ1) is 9.36. The van der Waals surface area contributed by atoms with Gasteiger partial charge in [-0.1, -0.05) is 0 Å². The highest BCUT2D eigenvalue weighted by Gasteiger charge is 2.39. The molecule has 0 N–H and O–H groups in total. The van der Waals surface area contributed by atoms with Gasteiger partial charge in [-0.25, -0.2) is 0 Å². The molecule has 0 aromatic heterocycles. The first kappa shape index (κ1) is 14.3. The molecule has 1 fully saturated rings. The molecule has 1 aromatic rings. The molecule has 1 atom stereocenters. The molecule has 1 aliphatic heterocycles. The second-order valence-electron chi connectivity index (χ2n) is 4.30. The van der Waals surface area contributed by atoms with Crippen molar-refractivity contribution in [2.75, 3.05) is 18.6 Å². The molecule has 8 heteroatoms. The molecule has 0 bridgehead atoms. The van der Waals surface area contributed by atoms with Crippen LogP contribution >= 0.6 is 0 Å². The first-order valence-electron chi connectivity index (χ1n) is 5.68. The number of carbonyl (C=O) groups excluding carboxylic acids is 1. The Hall–Kier alpha value is -2.14. The molecule has 106 valence electrons. The van der Waals surface area contributed by atoms with Crippen LogP contribution in [-0.2, 0) is 15.0 Å². The summed E-state index contributed by atoms with van der Waals surface area (Å²) in [6.07, 6.45) is -0.396. The number of ether oxygens (including phenoxy) is 1. The van der Waals surface area contributed by atoms with Crippen LogP contribution in [0.3, 0.4) is 0 Å². The van der Waals surface area contributed by atoms with E-state index in [-0.39, 0.29) is 12.1 Å². The molecule has 1 amide bonds. The molecule has 2 rings (SSSR count). The highest BCUT2D eigenvalue weighted by Crippen LogP contribution is 2.29. The van der Waals surface area contributed by atoms with E-state index in [1.807, 2.05) is 6.07 Å². The Bertz CT molecular complexity index is 696. The Balaban J connectivity index is 2.34. The number of amides is 1. The predicted molar refractivity (Wildman–Crippen MR) is 68.5 cm³/mol. The first-order valence-corrected chi connectivity index (χ1v) is 7.13. The molecule has 0 spiro atoms. The molecule has 1 heterocycles. The quantitative estimate of drug-likeness (QED) is 0.776. The molecule has 1 unspecified atom stereocenters. The van der Waals surface area contributed by atoms with E-state index in [1.165, 1.54) is 25.3 Å². The van der Waals surface area contributed by atoms with Crippen molar-refractivity contribution in [3.8, 4) is 11.8 Å². The Morgan fingerprint density at radius 2 is 2.20 bits per heavy atom. The molecular weight excluding hydrogens is 287 g/mol. The Morgan fingerprint density at radius 3 is 2.70 bits per heavy atom. The van der Waals surface area contributed by atoms with E-state index in [0.717, 1.165) is 4.90 Å². The maximum Gasteiger partial charge on any atom is 0.307 e. The van der Waals surface area contributed by atoms with Crippen LogP contribution in [0.5, 0.6) is 5.75 Å². The monoisotopic (exact) mass is 298 g/mol. The van der Waals surface area contributed by atoms with Crippen molar-refractivity contribution in [1.29, 1.82) is 5.26 Å². The molecule has 6 nitrogen and oxygen atoms in total. The lowest BCUT2D eigenvalue weighted by Crippen LogP contribution is -2.26. The van der Waals surface area contributed by atoms with Gasteiger partial charge in [-0.3, -0.25) is 4.79 Å². The standard InChI is InChI=1S/C12H11FN2O4S/c1-19-11-3-2-9(4-8(11)6-14)15-7-10(5-12(15)16)20(13,17)18/h2-4,10H,5,7H2,1H3. The van der Waals surface area contributed by atoms with Crippen LogP contribution in [0.15, 0.2) is 18.2 Å². The topological polar surface area (TPSA) is 87.5 Å². The lowest BCUT2D eigenvalue weighted by atomic mass is 10.2. The van der Waals surface area contributed by atoms with Crippen LogP contribution in [-0.4, -0.2) is 33.2 Å². The lowest BCUT2D eigenvalue weighted by molar-refractivity contribution is -0.117. The Morgan fingerprint density at radius 1 is 1.50 bits per heavy atom. The van der Waals surface area contributed by atoms with E-state index in [4.69, 9.17) is 10.00 Å². The van der Waals surface area contributed by atoms with Gasteiger partial charge in [0.25, 0.3) is 0 Å². The number of nitriles is 1. The minimum absolute atomic E-state index is 0.212. The summed E-state index contributed by atoms with van der Waals surface area (Å²) in [5, 5.41) is 7.62. The number of benzene rings is 1. The maximum absolute atomic E-state index is 12.9. The number of carbonyl (C=O) groups is 1. The van der Waals surface area contributed by atoms with Gasteiger partial charge in [-0.05, 0) is 18.2 Å². The van der Waals surface area contributed by atoms with E-state index in [2.05, 4.69) is 0 Å². The number of hydrogen-bond donors (Lipinski definition) is 0. The SMILES string of the molecule is COc1ccc(N2CC(S(=O)(=O)F)CC2=O)cc1C#N. The predicted octanol–water partition coefficient (Wildman–Crippen LogP) is 0.971. The molecular formula is C12H11FN2O4S. The number of rotatable bonds is 3. The highest BCUT2D eigenvalue weighted by atomic mass is 32.3. The number of methoxy groups -OCH3 is 1. The molecule has 0 aliphatic carbocycles. The average molecular weight is 298 g/mol. The fourth-order valence-corrected chi connectivity index (χ4v) is 2.73. The smallest absolute Gasteiger partial charge is 0.307 e. The van der Waals surface area contributed by atoms with E-state index in [1.54, 1.807) is 0 Å². The van der Waals surface area contributed by atoms with E-state index in [0.29, 0.717) is 11.4 Å². The lowest BCUT2D eigenvalue weighted by Gasteiger charge is -2.17. The van der Waals surface area contributed by atoms with Crippen molar-refractivity contribution in [1.82, 2.24) is 0 Å². The summed E-state index contributed by atoms with van der Waals surface area (Å²) < 4.78 is 39.6. The normalized spacial score (nSPS) is 18.9. The highest BCUT2D eigenvalue weighted by molar-refractivity contribution is 7.87. The van der Waals surface area contributed by atoms with Crippen LogP contribution in [0, 0.1) is 11.3 Å². The van der Waals surface area contributed by atoms with Gasteiger partial charge >= 0.3 is 10.2 Å². The average Bonchev–Trinajstić information content (AvgIpc) is 2.80. The molecule has 1 saturated heterocycles. The van der Waals surface area contributed by atoms with Crippen molar-refractivity contribution in [2.24, 2.45) is 0 Å². The number of nitrogens with zero attached hydrogens (tertiary/aromatic N) is 2. The molecule has 1 aliphatic rings. The molecule has 0 radical (unpaired) electrons. The van der Waals surface area contributed by atoms with E-state index >= 15 is 0 Å². The van der Waals surface area contributed by atoms with Gasteiger partial charge in [-0.15, -0.1) is 3.89 Å². The Labute approximate surface area is 115 Å². The second-order valence-corrected chi connectivity index (χ2v) is 5.92. The fraction of sp³-hybridized carbons (Fsp3) is 0.333. The van der Waals surface area contributed by atoms with Gasteiger partial charge < -0.3 is 9.64 Å². The summed E-state index contributed by atoms with van der Waals surface area (Å²) in [4.78, 5) is 12.9. The van der Waals surface area contributed by atoms with Crippen LogP contribution in [0.2, 0.25) is 0 Å². The number of hydrogen-bond acceptors (Lipinski definition) is 5. The molecule has 20 heavy (non-hydrogen) atoms. The van der Waals surface area contributed by atoms with Gasteiger partial charge in [-0.2, -0.15) is 13.7 Å². The maximum atomic E-state index is 12.9. The van der Waals surface area contributed by atoms with Crippen molar-refractivity contribution in [2.45, 2.75) is 11.7 Å². The van der Waals surface area contributed by atoms with Crippen molar-refractivity contribution in [3.63, 3.8) is 0 Å². The third-order valence-electron chi connectivity index (χ3n) is 3.10. The van der Waals surface area contributed by atoms with Gasteiger partial charge in [0.05, 0.1) is 12.7 Å². The van der Waals surface area contributed by atoms with Crippen molar-refractivity contribution >= 4 is 21.8 Å². The number of anilines is 1. The number of halogens is 1. The summed E-state index contributed by atoms with van der Waals surface area (Å²) >= 11 is 0. The summed E-state index contributed by atoms with van der Waals surface area (Å²) in [7, 11) is -3.35. The zero-order chi connectivity index (χ0) is 14.9. The van der Waals surface area contributed by atoms with Crippen LogP contribution in [0.1, 0.15) is 12.0 Å². The fourth-order valence-electron chi connectivity index (χ4n) is 2.06. The van der Waals surface area contributed by atoms with Gasteiger partial charge in [0.15, 0.2) is 0 Å². The molecule has 0 saturated carbocycles. The third-order valence-corrected chi connectivity index (χ3v) is 4.21. The minimum Gasteiger partial charge on any atom is -0.495 e. The second kappa shape index (κ2) is 5.09. The summed E-state index contributed by atoms with van der Waals surface area (Å²) in [5.74, 6) is -0.150. The Kier molecular flexibility index (Phi) is 3.63. The van der Waals surface area contributed by atoms with Crippen LogP contribution in [0.25, 0.3) is 0 Å². The summed E-state index contributed by atoms with van der Waals surface area (Å²) in [6, 6.07) is 6.34. The summed E-state index contributed by atoms with van der Waals surface area (Å²) in [6.45, 7) is -0.255. The van der Waals surface area contributed by atoms with E-state index < -0.39 is 27.8 Å². The van der Waals surface area contributed by atoms with Gasteiger partial charge in [0.2, 0.25) is 5.91 Å². The van der Waals surface area contributed by atoms with E-state index in [9.17, 15) is 17.1 Å². The minimum atomic E-state index is -4.76. The van der Waals surface area contributed by atoms with Crippen molar-refractivity contribution < 1.29 is 21.8 Å².